The van der Waals surface area contributed by atoms with Crippen LogP contribution in [-0.2, 0) is 10.0 Å². The van der Waals surface area contributed by atoms with E-state index >= 15 is 0 Å². The fraction of sp³-hybridized carbons (Fsp3) is 0.0769. The molecule has 0 saturated heterocycles. The van der Waals surface area contributed by atoms with Crippen molar-refractivity contribution in [3.8, 4) is 0 Å². The first-order chi connectivity index (χ1) is 9.85. The molecular formula is C13H11F3N2O2S. The molecule has 2 rings (SSSR count). The lowest BCUT2D eigenvalue weighted by atomic mass is 10.3. The van der Waals surface area contributed by atoms with Crippen LogP contribution in [0.1, 0.15) is 0 Å². The summed E-state index contributed by atoms with van der Waals surface area (Å²) < 4.78 is 65.5. The molecule has 4 nitrogen and oxygen atoms in total. The van der Waals surface area contributed by atoms with E-state index in [0.717, 1.165) is 5.69 Å². The second kappa shape index (κ2) is 5.65. The summed E-state index contributed by atoms with van der Waals surface area (Å²) in [7, 11) is -2.66. The second-order valence-electron chi connectivity index (χ2n) is 4.11. The van der Waals surface area contributed by atoms with Crippen LogP contribution in [0, 0.1) is 17.5 Å². The van der Waals surface area contributed by atoms with Crippen molar-refractivity contribution in [1.82, 2.24) is 0 Å². The predicted molar refractivity (Wildman–Crippen MR) is 73.1 cm³/mol. The summed E-state index contributed by atoms with van der Waals surface area (Å²) in [5, 5.41) is 2.84. The highest BCUT2D eigenvalue weighted by Gasteiger charge is 2.24. The van der Waals surface area contributed by atoms with Gasteiger partial charge in [0.25, 0.3) is 10.0 Å². The van der Waals surface area contributed by atoms with Crippen molar-refractivity contribution >= 4 is 21.4 Å². The molecule has 0 aliphatic carbocycles. The van der Waals surface area contributed by atoms with E-state index in [4.69, 9.17) is 0 Å². The molecule has 2 N–H and O–H groups in total. The van der Waals surface area contributed by atoms with Gasteiger partial charge in [0.2, 0.25) is 0 Å². The van der Waals surface area contributed by atoms with Gasteiger partial charge in [-0.05, 0) is 36.4 Å². The number of rotatable bonds is 4. The molecule has 112 valence electrons. The number of hydrogen-bond donors (Lipinski definition) is 2. The Morgan fingerprint density at radius 2 is 1.43 bits per heavy atom. The maximum atomic E-state index is 13.5. The lowest BCUT2D eigenvalue weighted by molar-refractivity contribution is 0.432. The Balaban J connectivity index is 2.36. The third-order valence-electron chi connectivity index (χ3n) is 2.72. The molecule has 0 aliphatic heterocycles. The van der Waals surface area contributed by atoms with E-state index < -0.39 is 32.4 Å². The Kier molecular flexibility index (Phi) is 4.08. The van der Waals surface area contributed by atoms with Gasteiger partial charge in [0.05, 0.1) is 0 Å². The van der Waals surface area contributed by atoms with Crippen LogP contribution in [0.2, 0.25) is 0 Å². The Hall–Kier alpha value is -2.22. The van der Waals surface area contributed by atoms with E-state index in [1.165, 1.54) is 12.1 Å². The van der Waals surface area contributed by atoms with Gasteiger partial charge in [0, 0.05) is 18.4 Å². The Labute approximate surface area is 119 Å². The number of halogens is 3. The van der Waals surface area contributed by atoms with Gasteiger partial charge < -0.3 is 5.32 Å². The molecule has 0 fully saturated rings. The van der Waals surface area contributed by atoms with Crippen molar-refractivity contribution in [1.29, 1.82) is 0 Å². The van der Waals surface area contributed by atoms with Crippen LogP contribution in [0.5, 0.6) is 0 Å². The molecule has 8 heteroatoms. The summed E-state index contributed by atoms with van der Waals surface area (Å²) in [5.41, 5.74) is 0.912. The number of sulfonamides is 1. The molecule has 0 aliphatic rings. The molecule has 0 bridgehead atoms. The summed E-state index contributed by atoms with van der Waals surface area (Å²) in [6, 6.07) is 7.30. The lowest BCUT2D eigenvalue weighted by Crippen LogP contribution is -2.15. The summed E-state index contributed by atoms with van der Waals surface area (Å²) in [4.78, 5) is -0.959. The van der Waals surface area contributed by atoms with Crippen LogP contribution >= 0.6 is 0 Å². The van der Waals surface area contributed by atoms with Crippen molar-refractivity contribution < 1.29 is 21.6 Å². The molecule has 21 heavy (non-hydrogen) atoms. The highest BCUT2D eigenvalue weighted by molar-refractivity contribution is 7.92. The molecule has 0 spiro atoms. The van der Waals surface area contributed by atoms with Gasteiger partial charge in [0.15, 0.2) is 17.5 Å². The fourth-order valence-electron chi connectivity index (χ4n) is 1.63. The van der Waals surface area contributed by atoms with E-state index in [2.05, 4.69) is 10.0 Å². The van der Waals surface area contributed by atoms with Gasteiger partial charge in [-0.3, -0.25) is 4.72 Å². The molecule has 0 heterocycles. The van der Waals surface area contributed by atoms with Gasteiger partial charge in [-0.15, -0.1) is 0 Å². The first kappa shape index (κ1) is 15.2. The standard InChI is InChI=1S/C13H11F3N2O2S/c1-17-8-2-4-9(5-3-8)18-21(19,20)11-7-6-10(14)12(15)13(11)16/h2-7,17-18H,1H3. The Morgan fingerprint density at radius 1 is 0.857 bits per heavy atom. The van der Waals surface area contributed by atoms with E-state index in [0.29, 0.717) is 12.1 Å². The van der Waals surface area contributed by atoms with Gasteiger partial charge in [0.1, 0.15) is 4.90 Å². The van der Waals surface area contributed by atoms with Crippen LogP contribution in [0.25, 0.3) is 0 Å². The maximum Gasteiger partial charge on any atom is 0.264 e. The molecular weight excluding hydrogens is 305 g/mol. The van der Waals surface area contributed by atoms with Crippen molar-refractivity contribution in [2.45, 2.75) is 4.90 Å². The van der Waals surface area contributed by atoms with E-state index in [-0.39, 0.29) is 5.69 Å². The highest BCUT2D eigenvalue weighted by Crippen LogP contribution is 2.23. The first-order valence-electron chi connectivity index (χ1n) is 5.79. The molecule has 2 aromatic carbocycles. The van der Waals surface area contributed by atoms with Gasteiger partial charge in [-0.25, -0.2) is 21.6 Å². The Bertz CT molecular complexity index is 762. The monoisotopic (exact) mass is 316 g/mol. The zero-order chi connectivity index (χ0) is 15.6. The molecule has 0 aromatic heterocycles. The molecule has 0 radical (unpaired) electrons. The molecule has 0 unspecified atom stereocenters. The van der Waals surface area contributed by atoms with Crippen LogP contribution < -0.4 is 10.0 Å². The largest absolute Gasteiger partial charge is 0.388 e. The van der Waals surface area contributed by atoms with Gasteiger partial charge in [-0.1, -0.05) is 0 Å². The minimum atomic E-state index is -4.35. The predicted octanol–water partition coefficient (Wildman–Crippen LogP) is 2.95. The molecule has 0 amide bonds. The zero-order valence-corrected chi connectivity index (χ0v) is 11.6. The van der Waals surface area contributed by atoms with Crippen molar-refractivity contribution in [3.05, 3.63) is 53.8 Å². The van der Waals surface area contributed by atoms with Crippen LogP contribution in [0.4, 0.5) is 24.5 Å². The van der Waals surface area contributed by atoms with Crippen molar-refractivity contribution in [3.63, 3.8) is 0 Å². The third-order valence-corrected chi connectivity index (χ3v) is 4.11. The number of nitrogens with one attached hydrogen (secondary N) is 2. The van der Waals surface area contributed by atoms with E-state index in [1.54, 1.807) is 19.2 Å². The highest BCUT2D eigenvalue weighted by atomic mass is 32.2. The van der Waals surface area contributed by atoms with Crippen LogP contribution in [0.15, 0.2) is 41.3 Å². The summed E-state index contributed by atoms with van der Waals surface area (Å²) in [5.74, 6) is -5.04. The van der Waals surface area contributed by atoms with Crippen LogP contribution in [-0.4, -0.2) is 15.5 Å². The molecule has 0 saturated carbocycles. The second-order valence-corrected chi connectivity index (χ2v) is 5.76. The smallest absolute Gasteiger partial charge is 0.264 e. The maximum absolute atomic E-state index is 13.5. The topological polar surface area (TPSA) is 58.2 Å². The molecule has 0 atom stereocenters. The quantitative estimate of drug-likeness (QED) is 0.853. The van der Waals surface area contributed by atoms with Gasteiger partial charge in [-0.2, -0.15) is 0 Å². The molecule has 2 aromatic rings. The average Bonchev–Trinajstić information content (AvgIpc) is 2.45. The minimum Gasteiger partial charge on any atom is -0.388 e. The SMILES string of the molecule is CNc1ccc(NS(=O)(=O)c2ccc(F)c(F)c2F)cc1. The Morgan fingerprint density at radius 3 is 2.00 bits per heavy atom. The number of anilines is 2. The average molecular weight is 316 g/mol. The van der Waals surface area contributed by atoms with Gasteiger partial charge >= 0.3 is 0 Å². The lowest BCUT2D eigenvalue weighted by Gasteiger charge is -2.10. The van der Waals surface area contributed by atoms with Crippen molar-refractivity contribution in [2.24, 2.45) is 0 Å². The zero-order valence-electron chi connectivity index (χ0n) is 10.8. The summed E-state index contributed by atoms with van der Waals surface area (Å²) >= 11 is 0. The van der Waals surface area contributed by atoms with E-state index in [9.17, 15) is 21.6 Å². The minimum absolute atomic E-state index is 0.165. The normalized spacial score (nSPS) is 11.2. The number of hydrogen-bond acceptors (Lipinski definition) is 3. The summed E-state index contributed by atoms with van der Waals surface area (Å²) in [6.45, 7) is 0. The summed E-state index contributed by atoms with van der Waals surface area (Å²) in [6.07, 6.45) is 0. The number of benzene rings is 2. The van der Waals surface area contributed by atoms with Crippen LogP contribution in [0.3, 0.4) is 0 Å². The first-order valence-corrected chi connectivity index (χ1v) is 7.27. The third kappa shape index (κ3) is 3.10. The van der Waals surface area contributed by atoms with Crippen molar-refractivity contribution in [2.75, 3.05) is 17.1 Å². The fourth-order valence-corrected chi connectivity index (χ4v) is 2.76. The van der Waals surface area contributed by atoms with E-state index in [1.807, 2.05) is 0 Å².